The van der Waals surface area contributed by atoms with E-state index < -0.39 is 109 Å². The van der Waals surface area contributed by atoms with Gasteiger partial charge in [-0.05, 0) is 108 Å². The van der Waals surface area contributed by atoms with Gasteiger partial charge in [0.2, 0.25) is 5.95 Å². The number of epoxide rings is 1. The van der Waals surface area contributed by atoms with E-state index in [1.165, 1.54) is 9.69 Å². The lowest BCUT2D eigenvalue weighted by Crippen LogP contribution is -2.59. The number of likely N-dealkylation sites (N-methyl/N-ethyl adjacent to an activating group) is 1. The Kier molecular flexibility index (Phi) is 21.1. The number of anilines is 1. The van der Waals surface area contributed by atoms with Gasteiger partial charge in [-0.25, -0.2) is 28.8 Å². The van der Waals surface area contributed by atoms with Crippen LogP contribution in [0.25, 0.3) is 11.1 Å². The highest BCUT2D eigenvalue weighted by atomic mass is 19.1. The lowest BCUT2D eigenvalue weighted by atomic mass is 9.69. The summed E-state index contributed by atoms with van der Waals surface area (Å²) in [6.45, 7) is 21.2. The molecular formula is C61H94FN9O12. The SMILES string of the molecule is CC[C@@H](OC(=O)[C@H](C)C([C@H]1C[C@H](C)[C@@H](O)[C@H](C)O1)[C@H](C)[C@@H](O[C@H]1C[C@@H](N(C)CCc2cn([C@H](CF)[C@H](OC)c3ccc(-c4cnc(N)nc4)cc3)nn2)C[C@@H](C)O1)[C@@](C)(C[C@@H](C)C=O)OC)[C@@]1(C)OC(=O)N(NC2OC2C2CC2)[C@@H]1C(C)C. The molecule has 21 nitrogen and oxygen atoms in total. The number of ether oxygens (including phenoxy) is 8. The van der Waals surface area contributed by atoms with Crippen molar-refractivity contribution in [1.82, 2.24) is 40.3 Å². The minimum Gasteiger partial charge on any atom is -0.458 e. The first-order valence-corrected chi connectivity index (χ1v) is 30.1. The van der Waals surface area contributed by atoms with Crippen LogP contribution < -0.4 is 11.2 Å². The van der Waals surface area contributed by atoms with Crippen molar-refractivity contribution in [1.29, 1.82) is 0 Å². The molecule has 6 heterocycles. The van der Waals surface area contributed by atoms with Crippen molar-refractivity contribution in [2.45, 2.75) is 218 Å². The molecular weight excluding hydrogens is 1070 g/mol. The number of hydrazine groups is 1. The fourth-order valence-electron chi connectivity index (χ4n) is 13.9. The van der Waals surface area contributed by atoms with Crippen LogP contribution in [0.1, 0.15) is 145 Å². The number of hydrogen-bond donors (Lipinski definition) is 3. The fraction of sp³-hybridized carbons (Fsp3) is 0.754. The topological polar surface area (TPSA) is 250 Å². The van der Waals surface area contributed by atoms with E-state index in [1.807, 2.05) is 100 Å². The van der Waals surface area contributed by atoms with Gasteiger partial charge >= 0.3 is 12.1 Å². The van der Waals surface area contributed by atoms with Crippen LogP contribution in [-0.2, 0) is 53.9 Å². The summed E-state index contributed by atoms with van der Waals surface area (Å²) in [6.07, 6.45) is 5.29. The van der Waals surface area contributed by atoms with Crippen LogP contribution in [-0.4, -0.2) is 171 Å². The summed E-state index contributed by atoms with van der Waals surface area (Å²) in [4.78, 5) is 51.8. The van der Waals surface area contributed by atoms with Gasteiger partial charge in [0, 0.05) is 75.6 Å². The third-order valence-corrected chi connectivity index (χ3v) is 18.7. The number of aromatic nitrogens is 5. The quantitative estimate of drug-likeness (QED) is 0.0340. The maximum Gasteiger partial charge on any atom is 0.425 e. The molecule has 0 spiro atoms. The van der Waals surface area contributed by atoms with Crippen LogP contribution >= 0.6 is 0 Å². The molecule has 8 rings (SSSR count). The zero-order chi connectivity index (χ0) is 60.2. The third-order valence-electron chi connectivity index (χ3n) is 18.7. The number of hydrogen-bond acceptors (Lipinski definition) is 19. The number of amides is 1. The van der Waals surface area contributed by atoms with Crippen molar-refractivity contribution in [3.05, 3.63) is 54.1 Å². The molecule has 4 saturated heterocycles. The van der Waals surface area contributed by atoms with Gasteiger partial charge in [0.25, 0.3) is 0 Å². The summed E-state index contributed by atoms with van der Waals surface area (Å²) in [5, 5.41) is 21.6. The predicted molar refractivity (Wildman–Crippen MR) is 306 cm³/mol. The van der Waals surface area contributed by atoms with Gasteiger partial charge in [0.1, 0.15) is 37.3 Å². The van der Waals surface area contributed by atoms with E-state index in [1.54, 1.807) is 32.8 Å². The van der Waals surface area contributed by atoms with Crippen LogP contribution in [0.4, 0.5) is 15.1 Å². The number of aldehydes is 1. The Labute approximate surface area is 489 Å². The third kappa shape index (κ3) is 14.6. The smallest absolute Gasteiger partial charge is 0.425 e. The van der Waals surface area contributed by atoms with Gasteiger partial charge in [-0.2, -0.15) is 5.43 Å². The van der Waals surface area contributed by atoms with E-state index in [2.05, 4.69) is 37.7 Å². The van der Waals surface area contributed by atoms with Crippen molar-refractivity contribution in [3.8, 4) is 11.1 Å². The van der Waals surface area contributed by atoms with Crippen molar-refractivity contribution in [3.63, 3.8) is 0 Å². The van der Waals surface area contributed by atoms with E-state index in [4.69, 9.17) is 43.6 Å². The van der Waals surface area contributed by atoms with Gasteiger partial charge in [-0.3, -0.25) is 4.79 Å². The molecule has 83 heavy (non-hydrogen) atoms. The normalized spacial score (nSPS) is 31.1. The second kappa shape index (κ2) is 27.3. The highest BCUT2D eigenvalue weighted by Gasteiger charge is 2.61. The number of aliphatic hydroxyl groups excluding tert-OH is 1. The Balaban J connectivity index is 0.992. The summed E-state index contributed by atoms with van der Waals surface area (Å²) in [5.41, 5.74) is 9.83. The zero-order valence-electron chi connectivity index (χ0n) is 51.3. The maximum atomic E-state index is 15.2. The summed E-state index contributed by atoms with van der Waals surface area (Å²) < 4.78 is 68.4. The van der Waals surface area contributed by atoms with Crippen LogP contribution in [0.3, 0.4) is 0 Å². The molecule has 3 unspecified atom stereocenters. The first-order chi connectivity index (χ1) is 39.5. The summed E-state index contributed by atoms with van der Waals surface area (Å²) in [5.74, 6) is -2.37. The number of aliphatic hydroxyl groups is 1. The number of cyclic esters (lactones) is 1. The molecule has 1 amide bonds. The van der Waals surface area contributed by atoms with E-state index >= 15 is 4.79 Å². The molecule has 20 atom stereocenters. The zero-order valence-corrected chi connectivity index (χ0v) is 51.3. The number of rotatable bonds is 29. The van der Waals surface area contributed by atoms with Crippen LogP contribution in [0.5, 0.6) is 0 Å². The van der Waals surface area contributed by atoms with Crippen molar-refractivity contribution in [2.75, 3.05) is 40.2 Å². The molecule has 2 aromatic heterocycles. The average molecular weight is 1160 g/mol. The Morgan fingerprint density at radius 1 is 1.04 bits per heavy atom. The number of nitrogens with two attached hydrogens (primary N) is 1. The minimum atomic E-state index is -1.22. The molecule has 1 aromatic carbocycles. The van der Waals surface area contributed by atoms with Crippen LogP contribution in [0, 0.1) is 41.4 Å². The highest BCUT2D eigenvalue weighted by molar-refractivity contribution is 5.74. The number of nitrogens with zero attached hydrogens (tertiary/aromatic N) is 7. The minimum absolute atomic E-state index is 0.000462. The van der Waals surface area contributed by atoms with Gasteiger partial charge in [0.05, 0.1) is 53.8 Å². The van der Waals surface area contributed by atoms with Crippen molar-refractivity contribution >= 4 is 24.3 Å². The van der Waals surface area contributed by atoms with Gasteiger partial charge in [0.15, 0.2) is 18.1 Å². The predicted octanol–water partition coefficient (Wildman–Crippen LogP) is 7.86. The molecule has 4 aliphatic heterocycles. The lowest BCUT2D eigenvalue weighted by Gasteiger charge is -2.50. The van der Waals surface area contributed by atoms with E-state index in [0.29, 0.717) is 56.7 Å². The molecule has 1 aliphatic carbocycles. The molecule has 0 bridgehead atoms. The number of esters is 1. The second-order valence-corrected chi connectivity index (χ2v) is 25.4. The first kappa shape index (κ1) is 64.2. The number of nitrogen functional groups attached to an aromatic ring is 1. The standard InChI is InChI=1S/C61H94FN9O12/c1-15-48(61(11)54(33(2)3)71(59(75)83-61)67-56-53(82-56)42-20-21-42)80-57(74)38(8)50(47-24-35(5)51(73)39(9)79-47)37(7)55(60(10,77-14)27-34(4)32-72)81-49-26-45(25-36(6)78-49)69(12)23-22-44-31-70(68-66-44)46(28-62)52(76-13)41-18-16-40(17-19-41)43-29-64-58(63)65-30-43/h16-19,29-39,42,45-56,67,73H,15,20-28H2,1-14H3,(H2,63,64,65)/t34-,35+,36-,37+,38-,39+,45+,46-,47-,48-,49+,50?,51-,52-,53?,54-,55-,56?,60-,61-/m1/s1. The molecule has 5 aliphatic rings. The van der Waals surface area contributed by atoms with Gasteiger partial charge in [-0.1, -0.05) is 77.9 Å². The van der Waals surface area contributed by atoms with Crippen LogP contribution in [0.2, 0.25) is 0 Å². The largest absolute Gasteiger partial charge is 0.458 e. The number of halogens is 1. The first-order valence-electron chi connectivity index (χ1n) is 30.1. The Bertz CT molecular complexity index is 2590. The molecule has 22 heteroatoms. The highest BCUT2D eigenvalue weighted by Crippen LogP contribution is 2.47. The Morgan fingerprint density at radius 2 is 1.73 bits per heavy atom. The molecule has 0 radical (unpaired) electrons. The molecule has 462 valence electrons. The fourth-order valence-corrected chi connectivity index (χ4v) is 13.9. The maximum absolute atomic E-state index is 15.2. The molecule has 5 fully saturated rings. The Hall–Kier alpha value is -4.78. The summed E-state index contributed by atoms with van der Waals surface area (Å²) >= 11 is 0. The van der Waals surface area contributed by atoms with E-state index in [-0.39, 0.29) is 42.3 Å². The van der Waals surface area contributed by atoms with E-state index in [9.17, 15) is 19.1 Å². The number of alkyl halides is 1. The number of carbonyl (C=O) groups is 3. The lowest BCUT2D eigenvalue weighted by molar-refractivity contribution is -0.274. The summed E-state index contributed by atoms with van der Waals surface area (Å²) in [6, 6.07) is 6.33. The molecule has 3 aromatic rings. The van der Waals surface area contributed by atoms with Gasteiger partial charge < -0.3 is 58.4 Å². The summed E-state index contributed by atoms with van der Waals surface area (Å²) in [7, 11) is 5.22. The number of nitrogens with one attached hydrogen (secondary N) is 1. The second-order valence-electron chi connectivity index (χ2n) is 25.4. The Morgan fingerprint density at radius 3 is 2.34 bits per heavy atom. The number of carbonyl (C=O) groups excluding carboxylic acids is 3. The van der Waals surface area contributed by atoms with Gasteiger partial charge in [-0.15, -0.1) is 5.10 Å². The number of methoxy groups -OCH3 is 2. The van der Waals surface area contributed by atoms with Crippen molar-refractivity contribution in [2.24, 2.45) is 41.4 Å². The average Bonchev–Trinajstić information content (AvgIpc) is 3.38. The monoisotopic (exact) mass is 1160 g/mol. The van der Waals surface area contributed by atoms with Crippen LogP contribution in [0.15, 0.2) is 42.9 Å². The number of benzene rings is 1. The molecule has 4 N–H and O–H groups in total. The van der Waals surface area contributed by atoms with Crippen molar-refractivity contribution < 1.29 is 61.8 Å². The van der Waals surface area contributed by atoms with E-state index in [0.717, 1.165) is 35.8 Å². The molecule has 1 saturated carbocycles.